The van der Waals surface area contributed by atoms with E-state index in [9.17, 15) is 0 Å². The zero-order valence-corrected chi connectivity index (χ0v) is 12.9. The number of aromatic nitrogens is 2. The summed E-state index contributed by atoms with van der Waals surface area (Å²) in [6.07, 6.45) is 0. The van der Waals surface area contributed by atoms with Crippen LogP contribution in [-0.2, 0) is 0 Å². The molecular weight excluding hydrogens is 290 g/mol. The first-order chi connectivity index (χ1) is 10.8. The molecule has 0 saturated carbocycles. The van der Waals surface area contributed by atoms with Crippen molar-refractivity contribution in [1.29, 1.82) is 0 Å². The van der Waals surface area contributed by atoms with Gasteiger partial charge >= 0.3 is 0 Å². The molecule has 0 saturated heterocycles. The van der Waals surface area contributed by atoms with E-state index in [1.54, 1.807) is 11.3 Å². The third kappa shape index (κ3) is 2.38. The topological polar surface area (TPSA) is 40.7 Å². The average Bonchev–Trinajstić information content (AvgIpc) is 3.15. The van der Waals surface area contributed by atoms with E-state index in [0.29, 0.717) is 0 Å². The largest absolute Gasteiger partial charge is 0.339 e. The van der Waals surface area contributed by atoms with E-state index < -0.39 is 0 Å². The lowest BCUT2D eigenvalue weighted by Crippen LogP contribution is -1.92. The number of H-pyrrole nitrogens is 1. The van der Waals surface area contributed by atoms with Crippen LogP contribution in [0.1, 0.15) is 5.56 Å². The highest BCUT2D eigenvalue weighted by Crippen LogP contribution is 2.33. The first kappa shape index (κ1) is 13.1. The maximum atomic E-state index is 4.36. The second kappa shape index (κ2) is 5.31. The van der Waals surface area contributed by atoms with Crippen LogP contribution < -0.4 is 5.32 Å². The van der Waals surface area contributed by atoms with Gasteiger partial charge in [-0.05, 0) is 48.2 Å². The monoisotopic (exact) mass is 304 g/mol. The Kier molecular flexibility index (Phi) is 3.16. The maximum Gasteiger partial charge on any atom is 0.152 e. The Morgan fingerprint density at radius 2 is 2.09 bits per heavy atom. The zero-order chi connectivity index (χ0) is 14.9. The number of thiophene rings is 1. The number of hydrogen-bond donors (Lipinski definition) is 2. The average molecular weight is 304 g/mol. The van der Waals surface area contributed by atoms with Crippen molar-refractivity contribution in [3.63, 3.8) is 0 Å². The number of anilines is 2. The fourth-order valence-corrected chi connectivity index (χ4v) is 3.45. The molecule has 0 aliphatic heterocycles. The van der Waals surface area contributed by atoms with Crippen LogP contribution in [0.2, 0.25) is 0 Å². The van der Waals surface area contributed by atoms with Gasteiger partial charge in [-0.2, -0.15) is 5.10 Å². The molecule has 0 spiro atoms. The molecule has 2 aromatic carbocycles. The Labute approximate surface area is 132 Å². The van der Waals surface area contributed by atoms with Crippen LogP contribution in [0.15, 0.2) is 54.6 Å². The van der Waals surface area contributed by atoms with E-state index in [2.05, 4.69) is 58.8 Å². The molecule has 0 aliphatic rings. The molecule has 0 bridgehead atoms. The normalized spacial score (nSPS) is 11.0. The number of nitrogens with one attached hydrogen (secondary N) is 2. The second-order valence-corrected chi connectivity index (χ2v) is 6.27. The molecule has 4 heteroatoms. The van der Waals surface area contributed by atoms with Gasteiger partial charge in [-0.15, -0.1) is 11.3 Å². The number of fused-ring (bicyclic) bond motifs is 1. The van der Waals surface area contributed by atoms with Crippen molar-refractivity contribution in [2.24, 2.45) is 0 Å². The van der Waals surface area contributed by atoms with Gasteiger partial charge in [-0.25, -0.2) is 0 Å². The minimum atomic E-state index is 0.821. The first-order valence-corrected chi connectivity index (χ1v) is 7.89. The van der Waals surface area contributed by atoms with Crippen molar-refractivity contribution in [2.45, 2.75) is 6.92 Å². The molecule has 0 aliphatic carbocycles. The van der Waals surface area contributed by atoms with Gasteiger partial charge in [-0.1, -0.05) is 24.3 Å². The summed E-state index contributed by atoms with van der Waals surface area (Å²) in [6.45, 7) is 2.05. The number of nitrogens with zero attached hydrogens (tertiary/aromatic N) is 1. The standard InChI is InChI=1S/C18H14N3S/c1-12-6-2-4-8-14(12)19-18-11-15(20-21-18)17-10-13-7-3-5-9-16(13)22-17/h3-11H,1H3,(H2,19,20,21). The number of benzene rings is 2. The summed E-state index contributed by atoms with van der Waals surface area (Å²) in [5.74, 6) is 0.821. The Balaban J connectivity index is 1.65. The van der Waals surface area contributed by atoms with Crippen LogP contribution in [0.3, 0.4) is 0 Å². The van der Waals surface area contributed by atoms with Gasteiger partial charge in [0.25, 0.3) is 0 Å². The van der Waals surface area contributed by atoms with E-state index in [-0.39, 0.29) is 0 Å². The highest BCUT2D eigenvalue weighted by molar-refractivity contribution is 7.22. The molecule has 2 N–H and O–H groups in total. The van der Waals surface area contributed by atoms with Crippen molar-refractivity contribution in [3.05, 3.63) is 66.2 Å². The molecule has 0 unspecified atom stereocenters. The summed E-state index contributed by atoms with van der Waals surface area (Å²) in [5.41, 5.74) is 3.23. The summed E-state index contributed by atoms with van der Waals surface area (Å²) in [5, 5.41) is 12.1. The quantitative estimate of drug-likeness (QED) is 0.550. The maximum absolute atomic E-state index is 4.36. The Bertz CT molecular complexity index is 903. The van der Waals surface area contributed by atoms with E-state index in [0.717, 1.165) is 22.8 Å². The van der Waals surface area contributed by atoms with Crippen LogP contribution in [-0.4, -0.2) is 10.2 Å². The molecule has 1 radical (unpaired) electrons. The Morgan fingerprint density at radius 1 is 1.18 bits per heavy atom. The molecule has 107 valence electrons. The fourth-order valence-electron chi connectivity index (χ4n) is 2.42. The summed E-state index contributed by atoms with van der Waals surface area (Å²) < 4.78 is 1.29. The minimum Gasteiger partial charge on any atom is -0.339 e. The van der Waals surface area contributed by atoms with Gasteiger partial charge in [-0.3, -0.25) is 5.10 Å². The first-order valence-electron chi connectivity index (χ1n) is 7.08. The molecule has 0 atom stereocenters. The molecule has 4 aromatic rings. The fraction of sp³-hybridized carbons (Fsp3) is 0.0556. The van der Waals surface area contributed by atoms with Gasteiger partial charge in [0.15, 0.2) is 5.82 Å². The van der Waals surface area contributed by atoms with E-state index in [1.807, 2.05) is 24.3 Å². The summed E-state index contributed by atoms with van der Waals surface area (Å²) >= 11 is 1.77. The molecule has 2 heterocycles. The third-order valence-electron chi connectivity index (χ3n) is 3.60. The predicted molar refractivity (Wildman–Crippen MR) is 92.7 cm³/mol. The number of hydrogen-bond acceptors (Lipinski definition) is 3. The molecule has 0 fully saturated rings. The number of aromatic amines is 1. The number of rotatable bonds is 3. The van der Waals surface area contributed by atoms with E-state index >= 15 is 0 Å². The highest BCUT2D eigenvalue weighted by atomic mass is 32.1. The van der Waals surface area contributed by atoms with Crippen molar-refractivity contribution >= 4 is 32.9 Å². The molecule has 3 nitrogen and oxygen atoms in total. The lowest BCUT2D eigenvalue weighted by Gasteiger charge is -2.05. The van der Waals surface area contributed by atoms with E-state index in [4.69, 9.17) is 0 Å². The van der Waals surface area contributed by atoms with Gasteiger partial charge in [0, 0.05) is 16.5 Å². The second-order valence-electron chi connectivity index (χ2n) is 5.18. The van der Waals surface area contributed by atoms with Crippen molar-refractivity contribution in [1.82, 2.24) is 10.2 Å². The SMILES string of the molecule is Cc1c[c]ccc1Nc1cc(-c2cc3ccccc3s2)[nH]n1. The van der Waals surface area contributed by atoms with Crippen molar-refractivity contribution in [3.8, 4) is 10.6 Å². The Morgan fingerprint density at radius 3 is 2.95 bits per heavy atom. The van der Waals surface area contributed by atoms with Crippen LogP contribution >= 0.6 is 11.3 Å². The third-order valence-corrected chi connectivity index (χ3v) is 4.75. The summed E-state index contributed by atoms with van der Waals surface area (Å²) in [4.78, 5) is 1.19. The molecular formula is C18H14N3S. The summed E-state index contributed by atoms with van der Waals surface area (Å²) in [7, 11) is 0. The molecule has 4 rings (SSSR count). The smallest absolute Gasteiger partial charge is 0.152 e. The van der Waals surface area contributed by atoms with E-state index in [1.165, 1.54) is 15.0 Å². The Hall–Kier alpha value is -2.59. The predicted octanol–water partition coefficient (Wildman–Crippen LogP) is 5.14. The molecule has 0 amide bonds. The lowest BCUT2D eigenvalue weighted by atomic mass is 10.2. The highest BCUT2D eigenvalue weighted by Gasteiger charge is 2.08. The van der Waals surface area contributed by atoms with Crippen LogP contribution in [0.25, 0.3) is 20.7 Å². The van der Waals surface area contributed by atoms with Crippen molar-refractivity contribution in [2.75, 3.05) is 5.32 Å². The lowest BCUT2D eigenvalue weighted by molar-refractivity contribution is 1.10. The molecule has 2 aromatic heterocycles. The molecule has 22 heavy (non-hydrogen) atoms. The van der Waals surface area contributed by atoms with Crippen LogP contribution in [0.4, 0.5) is 11.5 Å². The van der Waals surface area contributed by atoms with Gasteiger partial charge in [0.1, 0.15) is 0 Å². The van der Waals surface area contributed by atoms with Crippen LogP contribution in [0, 0.1) is 13.0 Å². The van der Waals surface area contributed by atoms with Gasteiger partial charge in [0.2, 0.25) is 0 Å². The number of aryl methyl sites for hydroxylation is 1. The zero-order valence-electron chi connectivity index (χ0n) is 12.1. The van der Waals surface area contributed by atoms with Crippen molar-refractivity contribution < 1.29 is 0 Å². The van der Waals surface area contributed by atoms with Gasteiger partial charge in [0.05, 0.1) is 10.6 Å². The summed E-state index contributed by atoms with van der Waals surface area (Å²) in [6, 6.07) is 21.6. The van der Waals surface area contributed by atoms with Crippen LogP contribution in [0.5, 0.6) is 0 Å². The minimum absolute atomic E-state index is 0.821. The van der Waals surface area contributed by atoms with Gasteiger partial charge < -0.3 is 5.32 Å².